The minimum Gasteiger partial charge on any atom is -0.497 e. The van der Waals surface area contributed by atoms with E-state index in [2.05, 4.69) is 16.0 Å². The zero-order valence-electron chi connectivity index (χ0n) is 16.3. The summed E-state index contributed by atoms with van der Waals surface area (Å²) < 4.78 is 10.7. The maximum atomic E-state index is 12.2. The average molecular weight is 395 g/mol. The lowest BCUT2D eigenvalue weighted by Crippen LogP contribution is -2.45. The van der Waals surface area contributed by atoms with E-state index in [4.69, 9.17) is 9.47 Å². The van der Waals surface area contributed by atoms with E-state index < -0.39 is 24.4 Å². The summed E-state index contributed by atoms with van der Waals surface area (Å²) in [6.07, 6.45) is -4.10. The molecule has 1 fully saturated rings. The lowest BCUT2D eigenvalue weighted by atomic mass is 10.1. The number of hydrogen-bond acceptors (Lipinski definition) is 6. The van der Waals surface area contributed by atoms with Crippen LogP contribution in [0.25, 0.3) is 0 Å². The molecule has 0 spiro atoms. The number of carbonyl (C=O) groups excluding carboxylic acids is 2. The number of ether oxygens (including phenoxy) is 2. The van der Waals surface area contributed by atoms with Gasteiger partial charge in [0.25, 0.3) is 0 Å². The largest absolute Gasteiger partial charge is 0.497 e. The van der Waals surface area contributed by atoms with E-state index in [1.54, 1.807) is 19.2 Å². The summed E-state index contributed by atoms with van der Waals surface area (Å²) >= 11 is 0. The first-order chi connectivity index (χ1) is 13.3. The van der Waals surface area contributed by atoms with Gasteiger partial charge in [-0.1, -0.05) is 12.1 Å². The van der Waals surface area contributed by atoms with E-state index >= 15 is 0 Å². The van der Waals surface area contributed by atoms with Gasteiger partial charge in [-0.3, -0.25) is 4.79 Å². The molecule has 1 aromatic carbocycles. The molecule has 28 heavy (non-hydrogen) atoms. The molecule has 9 nitrogen and oxygen atoms in total. The second kappa shape index (κ2) is 10.3. The summed E-state index contributed by atoms with van der Waals surface area (Å²) in [5, 5.41) is 28.2. The van der Waals surface area contributed by atoms with Crippen molar-refractivity contribution in [2.75, 3.05) is 13.7 Å². The number of urea groups is 1. The zero-order chi connectivity index (χ0) is 20.7. The number of methoxy groups -OCH3 is 1. The van der Waals surface area contributed by atoms with Gasteiger partial charge in [0, 0.05) is 19.1 Å². The summed E-state index contributed by atoms with van der Waals surface area (Å²) in [7, 11) is 1.58. The van der Waals surface area contributed by atoms with Crippen LogP contribution in [0.5, 0.6) is 5.75 Å². The van der Waals surface area contributed by atoms with E-state index in [1.807, 2.05) is 26.0 Å². The first-order valence-electron chi connectivity index (χ1n) is 9.25. The predicted molar refractivity (Wildman–Crippen MR) is 102 cm³/mol. The van der Waals surface area contributed by atoms with E-state index in [-0.39, 0.29) is 30.9 Å². The summed E-state index contributed by atoms with van der Waals surface area (Å²) in [5.41, 5.74) is 0.903. The topological polar surface area (TPSA) is 129 Å². The SMILES string of the molecule is COc1ccc(CNC(=O)CC2OC(CNC(=O)NC(C)C)C(O)C2O)cc1. The number of rotatable bonds is 8. The maximum absolute atomic E-state index is 12.2. The van der Waals surface area contributed by atoms with Crippen molar-refractivity contribution in [3.63, 3.8) is 0 Å². The molecule has 3 amide bonds. The third kappa shape index (κ3) is 6.36. The van der Waals surface area contributed by atoms with Gasteiger partial charge in [-0.15, -0.1) is 0 Å². The number of aliphatic hydroxyl groups is 2. The standard InChI is InChI=1S/C19H29N3O6/c1-11(2)22-19(26)21-10-15-18(25)17(24)14(28-15)8-16(23)20-9-12-4-6-13(27-3)7-5-12/h4-7,11,14-15,17-18,24-25H,8-10H2,1-3H3,(H,20,23)(H2,21,22,26). The van der Waals surface area contributed by atoms with Crippen LogP contribution in [-0.4, -0.2) is 66.3 Å². The van der Waals surface area contributed by atoms with Crippen molar-refractivity contribution in [2.24, 2.45) is 0 Å². The van der Waals surface area contributed by atoms with Gasteiger partial charge >= 0.3 is 6.03 Å². The molecule has 1 aliphatic rings. The molecule has 0 radical (unpaired) electrons. The molecule has 2 rings (SSSR count). The number of nitrogens with one attached hydrogen (secondary N) is 3. The van der Waals surface area contributed by atoms with Crippen molar-refractivity contribution in [1.29, 1.82) is 0 Å². The number of carbonyl (C=O) groups is 2. The monoisotopic (exact) mass is 395 g/mol. The molecule has 4 unspecified atom stereocenters. The summed E-state index contributed by atoms with van der Waals surface area (Å²) in [6.45, 7) is 4.00. The van der Waals surface area contributed by atoms with E-state index in [0.29, 0.717) is 6.54 Å². The van der Waals surface area contributed by atoms with E-state index in [0.717, 1.165) is 11.3 Å². The normalized spacial score (nSPS) is 24.1. The molecule has 0 aliphatic carbocycles. The van der Waals surface area contributed by atoms with E-state index in [9.17, 15) is 19.8 Å². The first-order valence-corrected chi connectivity index (χ1v) is 9.25. The fourth-order valence-corrected chi connectivity index (χ4v) is 2.87. The Bertz CT molecular complexity index is 652. The van der Waals surface area contributed by atoms with Crippen LogP contribution in [0.4, 0.5) is 4.79 Å². The number of aliphatic hydroxyl groups excluding tert-OH is 2. The van der Waals surface area contributed by atoms with Crippen LogP contribution in [-0.2, 0) is 16.1 Å². The third-order valence-electron chi connectivity index (χ3n) is 4.38. The Morgan fingerprint density at radius 1 is 1.11 bits per heavy atom. The Morgan fingerprint density at radius 2 is 1.75 bits per heavy atom. The highest BCUT2D eigenvalue weighted by molar-refractivity contribution is 5.76. The van der Waals surface area contributed by atoms with Gasteiger partial charge < -0.3 is 35.6 Å². The van der Waals surface area contributed by atoms with Crippen LogP contribution in [0.3, 0.4) is 0 Å². The molecule has 4 atom stereocenters. The lowest BCUT2D eigenvalue weighted by molar-refractivity contribution is -0.125. The Hall–Kier alpha value is -2.36. The first kappa shape index (κ1) is 21.9. The molecular weight excluding hydrogens is 366 g/mol. The number of hydrogen-bond donors (Lipinski definition) is 5. The van der Waals surface area contributed by atoms with Gasteiger partial charge in [0.15, 0.2) is 0 Å². The highest BCUT2D eigenvalue weighted by Gasteiger charge is 2.43. The summed E-state index contributed by atoms with van der Waals surface area (Å²) in [5.74, 6) is 0.423. The maximum Gasteiger partial charge on any atom is 0.315 e. The molecule has 5 N–H and O–H groups in total. The van der Waals surface area contributed by atoms with Crippen LogP contribution >= 0.6 is 0 Å². The van der Waals surface area contributed by atoms with Crippen molar-refractivity contribution in [2.45, 2.75) is 57.3 Å². The predicted octanol–water partition coefficient (Wildman–Crippen LogP) is -0.102. The fourth-order valence-electron chi connectivity index (χ4n) is 2.87. The molecule has 1 aliphatic heterocycles. The van der Waals surface area contributed by atoms with Crippen LogP contribution in [0, 0.1) is 0 Å². The Balaban J connectivity index is 1.77. The Morgan fingerprint density at radius 3 is 2.36 bits per heavy atom. The van der Waals surface area contributed by atoms with Crippen LogP contribution in [0.15, 0.2) is 24.3 Å². The van der Waals surface area contributed by atoms with Gasteiger partial charge in [-0.05, 0) is 31.5 Å². The van der Waals surface area contributed by atoms with Crippen LogP contribution in [0.1, 0.15) is 25.8 Å². The molecule has 0 aromatic heterocycles. The van der Waals surface area contributed by atoms with Crippen molar-refractivity contribution < 1.29 is 29.3 Å². The highest BCUT2D eigenvalue weighted by atomic mass is 16.5. The molecule has 9 heteroatoms. The van der Waals surface area contributed by atoms with Crippen LogP contribution in [0.2, 0.25) is 0 Å². The second-order valence-electron chi connectivity index (χ2n) is 7.03. The van der Waals surface area contributed by atoms with E-state index in [1.165, 1.54) is 0 Å². The summed E-state index contributed by atoms with van der Waals surface area (Å²) in [4.78, 5) is 23.8. The Kier molecular flexibility index (Phi) is 8.04. The summed E-state index contributed by atoms with van der Waals surface area (Å²) in [6, 6.07) is 6.87. The second-order valence-corrected chi connectivity index (χ2v) is 7.03. The molecule has 0 saturated carbocycles. The molecule has 1 heterocycles. The zero-order valence-corrected chi connectivity index (χ0v) is 16.3. The quantitative estimate of drug-likeness (QED) is 0.418. The van der Waals surface area contributed by atoms with Crippen molar-refractivity contribution in [3.05, 3.63) is 29.8 Å². The smallest absolute Gasteiger partial charge is 0.315 e. The highest BCUT2D eigenvalue weighted by Crippen LogP contribution is 2.23. The molecule has 156 valence electrons. The molecule has 1 saturated heterocycles. The molecule has 1 aromatic rings. The van der Waals surface area contributed by atoms with Gasteiger partial charge in [0.1, 0.15) is 24.1 Å². The number of benzene rings is 1. The average Bonchev–Trinajstić information content (AvgIpc) is 2.92. The van der Waals surface area contributed by atoms with Crippen molar-refractivity contribution >= 4 is 11.9 Å². The van der Waals surface area contributed by atoms with Gasteiger partial charge in [0.05, 0.1) is 19.6 Å². The third-order valence-corrected chi connectivity index (χ3v) is 4.38. The van der Waals surface area contributed by atoms with Gasteiger partial charge in [0.2, 0.25) is 5.91 Å². The van der Waals surface area contributed by atoms with Gasteiger partial charge in [-0.2, -0.15) is 0 Å². The van der Waals surface area contributed by atoms with Crippen LogP contribution < -0.4 is 20.7 Å². The fraction of sp³-hybridized carbons (Fsp3) is 0.579. The Labute approximate surface area is 164 Å². The minimum atomic E-state index is -1.20. The van der Waals surface area contributed by atoms with Gasteiger partial charge in [-0.25, -0.2) is 4.79 Å². The molecular formula is C19H29N3O6. The van der Waals surface area contributed by atoms with Crippen molar-refractivity contribution in [1.82, 2.24) is 16.0 Å². The number of amides is 3. The van der Waals surface area contributed by atoms with Crippen molar-refractivity contribution in [3.8, 4) is 5.75 Å². The lowest BCUT2D eigenvalue weighted by Gasteiger charge is -2.16. The molecule has 0 bridgehead atoms. The minimum absolute atomic E-state index is 0.0258.